The highest BCUT2D eigenvalue weighted by atomic mass is 127. The van der Waals surface area contributed by atoms with Gasteiger partial charge in [-0.15, -0.1) is 24.0 Å². The van der Waals surface area contributed by atoms with Crippen molar-refractivity contribution in [1.82, 2.24) is 15.6 Å². The van der Waals surface area contributed by atoms with E-state index in [4.69, 9.17) is 4.74 Å². The first-order valence-electron chi connectivity index (χ1n) is 8.57. The lowest BCUT2D eigenvalue weighted by atomic mass is 9.86. The highest BCUT2D eigenvalue weighted by molar-refractivity contribution is 14.0. The van der Waals surface area contributed by atoms with E-state index in [-0.39, 0.29) is 29.4 Å². The number of aliphatic imine (C=N–C) groups is 1. The number of pyridine rings is 1. The van der Waals surface area contributed by atoms with Crippen molar-refractivity contribution in [3.63, 3.8) is 0 Å². The van der Waals surface area contributed by atoms with Crippen molar-refractivity contribution < 1.29 is 4.74 Å². The molecule has 0 aliphatic carbocycles. The second-order valence-electron chi connectivity index (χ2n) is 6.77. The average Bonchev–Trinajstić information content (AvgIpc) is 2.61. The number of hydrogen-bond acceptors (Lipinski definition) is 3. The maximum absolute atomic E-state index is 5.96. The predicted octanol–water partition coefficient (Wildman–Crippen LogP) is 3.74. The zero-order valence-electron chi connectivity index (χ0n) is 16.0. The van der Waals surface area contributed by atoms with E-state index < -0.39 is 0 Å². The Morgan fingerprint density at radius 2 is 1.81 bits per heavy atom. The predicted molar refractivity (Wildman–Crippen MR) is 118 cm³/mol. The molecule has 0 aliphatic rings. The summed E-state index contributed by atoms with van der Waals surface area (Å²) in [6, 6.07) is 14.1. The molecule has 5 nitrogen and oxygen atoms in total. The normalized spacial score (nSPS) is 11.5. The molecule has 0 amide bonds. The second kappa shape index (κ2) is 11.0. The SMILES string of the molecule is CN=C(NCCOc1ccccc1C(C)(C)C)NCc1ccccn1.I. The maximum atomic E-state index is 5.96. The van der Waals surface area contributed by atoms with Gasteiger partial charge in [0.1, 0.15) is 12.4 Å². The van der Waals surface area contributed by atoms with Crippen molar-refractivity contribution in [2.24, 2.45) is 4.99 Å². The summed E-state index contributed by atoms with van der Waals surface area (Å²) in [7, 11) is 1.75. The number of hydrogen-bond donors (Lipinski definition) is 2. The van der Waals surface area contributed by atoms with Crippen LogP contribution >= 0.6 is 24.0 Å². The fourth-order valence-corrected chi connectivity index (χ4v) is 2.44. The summed E-state index contributed by atoms with van der Waals surface area (Å²) >= 11 is 0. The van der Waals surface area contributed by atoms with E-state index >= 15 is 0 Å². The lowest BCUT2D eigenvalue weighted by Gasteiger charge is -2.22. The molecule has 1 aromatic heterocycles. The van der Waals surface area contributed by atoms with Crippen molar-refractivity contribution >= 4 is 29.9 Å². The van der Waals surface area contributed by atoms with Crippen LogP contribution in [-0.2, 0) is 12.0 Å². The lowest BCUT2D eigenvalue weighted by Crippen LogP contribution is -2.39. The minimum absolute atomic E-state index is 0. The van der Waals surface area contributed by atoms with Crippen molar-refractivity contribution in [1.29, 1.82) is 0 Å². The minimum Gasteiger partial charge on any atom is -0.491 e. The molecule has 2 N–H and O–H groups in total. The fourth-order valence-electron chi connectivity index (χ4n) is 2.44. The molecule has 1 heterocycles. The lowest BCUT2D eigenvalue weighted by molar-refractivity contribution is 0.313. The Kier molecular flexibility index (Phi) is 9.40. The third-order valence-corrected chi connectivity index (χ3v) is 3.73. The first kappa shape index (κ1) is 22.2. The van der Waals surface area contributed by atoms with Gasteiger partial charge in [-0.05, 0) is 29.2 Å². The van der Waals surface area contributed by atoms with Crippen LogP contribution in [0.25, 0.3) is 0 Å². The van der Waals surface area contributed by atoms with Gasteiger partial charge in [0.25, 0.3) is 0 Å². The van der Waals surface area contributed by atoms with Crippen LogP contribution in [0.4, 0.5) is 0 Å². The van der Waals surface area contributed by atoms with Gasteiger partial charge in [-0.1, -0.05) is 45.0 Å². The van der Waals surface area contributed by atoms with Crippen LogP contribution in [0.3, 0.4) is 0 Å². The fraction of sp³-hybridized carbons (Fsp3) is 0.400. The summed E-state index contributed by atoms with van der Waals surface area (Å²) in [4.78, 5) is 8.50. The van der Waals surface area contributed by atoms with E-state index in [1.807, 2.05) is 30.3 Å². The van der Waals surface area contributed by atoms with Crippen LogP contribution in [-0.4, -0.2) is 31.1 Å². The van der Waals surface area contributed by atoms with Crippen molar-refractivity contribution in [2.75, 3.05) is 20.2 Å². The van der Waals surface area contributed by atoms with Crippen LogP contribution in [0, 0.1) is 0 Å². The molecular weight excluding hydrogens is 439 g/mol. The molecule has 0 saturated heterocycles. The number of guanidine groups is 1. The molecule has 26 heavy (non-hydrogen) atoms. The molecule has 0 saturated carbocycles. The van der Waals surface area contributed by atoms with E-state index in [0.29, 0.717) is 19.7 Å². The number of rotatable bonds is 6. The van der Waals surface area contributed by atoms with Crippen molar-refractivity contribution in [3.05, 3.63) is 59.9 Å². The standard InChI is InChI=1S/C20H28N4O.HI/c1-20(2,3)17-10-5-6-11-18(17)25-14-13-23-19(21-4)24-15-16-9-7-8-12-22-16;/h5-12H,13-15H2,1-4H3,(H2,21,23,24);1H. The number of para-hydroxylation sites is 1. The Balaban J connectivity index is 0.00000338. The van der Waals surface area contributed by atoms with Gasteiger partial charge in [0.2, 0.25) is 0 Å². The molecule has 0 spiro atoms. The Morgan fingerprint density at radius 3 is 2.46 bits per heavy atom. The summed E-state index contributed by atoms with van der Waals surface area (Å²) < 4.78 is 5.96. The van der Waals surface area contributed by atoms with E-state index in [2.05, 4.69) is 53.5 Å². The number of nitrogens with zero attached hydrogens (tertiary/aromatic N) is 2. The Hall–Kier alpha value is -1.83. The topological polar surface area (TPSA) is 58.5 Å². The van der Waals surface area contributed by atoms with Crippen LogP contribution in [0.5, 0.6) is 5.75 Å². The summed E-state index contributed by atoms with van der Waals surface area (Å²) in [5, 5.41) is 6.50. The number of ether oxygens (including phenoxy) is 1. The van der Waals surface area contributed by atoms with Crippen LogP contribution < -0.4 is 15.4 Å². The molecule has 0 unspecified atom stereocenters. The smallest absolute Gasteiger partial charge is 0.191 e. The molecule has 0 bridgehead atoms. The molecule has 0 atom stereocenters. The van der Waals surface area contributed by atoms with Gasteiger partial charge < -0.3 is 15.4 Å². The summed E-state index contributed by atoms with van der Waals surface area (Å²) in [6.07, 6.45) is 1.79. The molecule has 0 radical (unpaired) electrons. The zero-order valence-corrected chi connectivity index (χ0v) is 18.3. The molecule has 2 rings (SSSR count). The van der Waals surface area contributed by atoms with E-state index in [1.165, 1.54) is 5.56 Å². The van der Waals surface area contributed by atoms with Gasteiger partial charge in [-0.25, -0.2) is 0 Å². The third kappa shape index (κ3) is 7.19. The van der Waals surface area contributed by atoms with Gasteiger partial charge in [0, 0.05) is 13.2 Å². The number of aromatic nitrogens is 1. The average molecular weight is 468 g/mol. The number of benzene rings is 1. The largest absolute Gasteiger partial charge is 0.491 e. The van der Waals surface area contributed by atoms with Gasteiger partial charge in [0.15, 0.2) is 5.96 Å². The van der Waals surface area contributed by atoms with E-state index in [0.717, 1.165) is 17.4 Å². The maximum Gasteiger partial charge on any atom is 0.191 e. The summed E-state index contributed by atoms with van der Waals surface area (Å²) in [5.41, 5.74) is 2.25. The molecular formula is C20H29IN4O. The van der Waals surface area contributed by atoms with Crippen molar-refractivity contribution in [2.45, 2.75) is 32.7 Å². The van der Waals surface area contributed by atoms with Gasteiger partial charge >= 0.3 is 0 Å². The monoisotopic (exact) mass is 468 g/mol. The summed E-state index contributed by atoms with van der Waals surface area (Å²) in [5.74, 6) is 1.67. The molecule has 142 valence electrons. The first-order valence-corrected chi connectivity index (χ1v) is 8.57. The van der Waals surface area contributed by atoms with Crippen molar-refractivity contribution in [3.8, 4) is 5.75 Å². The quantitative estimate of drug-likeness (QED) is 0.294. The molecule has 0 aliphatic heterocycles. The van der Waals surface area contributed by atoms with Gasteiger partial charge in [-0.3, -0.25) is 9.98 Å². The third-order valence-electron chi connectivity index (χ3n) is 3.73. The van der Waals surface area contributed by atoms with Crippen LogP contribution in [0.1, 0.15) is 32.0 Å². The molecule has 6 heteroatoms. The van der Waals surface area contributed by atoms with E-state index in [9.17, 15) is 0 Å². The Labute approximate surface area is 173 Å². The number of halogens is 1. The highest BCUT2D eigenvalue weighted by Crippen LogP contribution is 2.30. The molecule has 0 fully saturated rings. The second-order valence-corrected chi connectivity index (χ2v) is 6.77. The Morgan fingerprint density at radius 1 is 1.08 bits per heavy atom. The Bertz CT molecular complexity index is 684. The summed E-state index contributed by atoms with van der Waals surface area (Å²) in [6.45, 7) is 8.44. The van der Waals surface area contributed by atoms with Gasteiger partial charge in [0.05, 0.1) is 18.8 Å². The highest BCUT2D eigenvalue weighted by Gasteiger charge is 2.18. The first-order chi connectivity index (χ1) is 12.0. The molecule has 2 aromatic rings. The zero-order chi connectivity index (χ0) is 18.1. The van der Waals surface area contributed by atoms with Gasteiger partial charge in [-0.2, -0.15) is 0 Å². The van der Waals surface area contributed by atoms with Crippen LogP contribution in [0.15, 0.2) is 53.7 Å². The minimum atomic E-state index is 0. The number of nitrogens with one attached hydrogen (secondary N) is 2. The van der Waals surface area contributed by atoms with Crippen LogP contribution in [0.2, 0.25) is 0 Å². The molecule has 1 aromatic carbocycles. The van der Waals surface area contributed by atoms with E-state index in [1.54, 1.807) is 13.2 Å².